The van der Waals surface area contributed by atoms with Gasteiger partial charge in [0, 0.05) is 44.1 Å². The minimum absolute atomic E-state index is 0.453. The van der Waals surface area contributed by atoms with Gasteiger partial charge in [0.1, 0.15) is 0 Å². The van der Waals surface area contributed by atoms with E-state index in [-0.39, 0.29) is 0 Å². The van der Waals surface area contributed by atoms with Crippen molar-refractivity contribution in [1.82, 2.24) is 20.4 Å². The topological polar surface area (TPSA) is 54.2 Å². The lowest BCUT2D eigenvalue weighted by molar-refractivity contribution is 0.443. The van der Waals surface area contributed by atoms with E-state index in [1.54, 1.807) is 13.2 Å². The highest BCUT2D eigenvalue weighted by molar-refractivity contribution is 6.30. The Kier molecular flexibility index (Phi) is 6.27. The predicted octanol–water partition coefficient (Wildman–Crippen LogP) is 2.54. The Morgan fingerprint density at radius 3 is 2.73 bits per heavy atom. The van der Waals surface area contributed by atoms with Gasteiger partial charge < -0.3 is 10.6 Å². The van der Waals surface area contributed by atoms with Crippen molar-refractivity contribution in [3.63, 3.8) is 0 Å². The number of nitrogens with one attached hydrogen (secondary N) is 2. The van der Waals surface area contributed by atoms with E-state index in [1.807, 2.05) is 41.2 Å². The molecule has 0 amide bonds. The van der Waals surface area contributed by atoms with E-state index in [9.17, 15) is 0 Å². The molecule has 0 radical (unpaired) electrons. The van der Waals surface area contributed by atoms with Crippen LogP contribution >= 0.6 is 11.6 Å². The molecule has 1 heterocycles. The molecule has 1 unspecified atom stereocenters. The average molecular weight is 320 g/mol. The monoisotopic (exact) mass is 319 g/mol. The standard InChI is InChI=1S/C16H22ClN5/c1-13(12-22-9-3-8-21-22)10-19-16(18-2)20-11-14-4-6-15(17)7-5-14/h3-9,13H,10-12H2,1-2H3,(H2,18,19,20). The lowest BCUT2D eigenvalue weighted by Crippen LogP contribution is -2.39. The summed E-state index contributed by atoms with van der Waals surface area (Å²) in [4.78, 5) is 4.24. The van der Waals surface area contributed by atoms with Crippen LogP contribution in [-0.2, 0) is 13.1 Å². The molecule has 0 saturated carbocycles. The van der Waals surface area contributed by atoms with Gasteiger partial charge in [0.15, 0.2) is 5.96 Å². The summed E-state index contributed by atoms with van der Waals surface area (Å²) >= 11 is 5.88. The first-order valence-electron chi connectivity index (χ1n) is 7.33. The van der Waals surface area contributed by atoms with Crippen LogP contribution in [0.4, 0.5) is 0 Å². The predicted molar refractivity (Wildman–Crippen MR) is 91.0 cm³/mol. The van der Waals surface area contributed by atoms with Crippen molar-refractivity contribution in [3.05, 3.63) is 53.3 Å². The van der Waals surface area contributed by atoms with Gasteiger partial charge in [-0.15, -0.1) is 0 Å². The molecule has 118 valence electrons. The molecule has 6 heteroatoms. The van der Waals surface area contributed by atoms with Gasteiger partial charge in [-0.3, -0.25) is 9.67 Å². The van der Waals surface area contributed by atoms with Crippen LogP contribution in [0.3, 0.4) is 0 Å². The van der Waals surface area contributed by atoms with Crippen molar-refractivity contribution >= 4 is 17.6 Å². The van der Waals surface area contributed by atoms with Gasteiger partial charge in [0.2, 0.25) is 0 Å². The van der Waals surface area contributed by atoms with Crippen LogP contribution in [0.1, 0.15) is 12.5 Å². The van der Waals surface area contributed by atoms with Gasteiger partial charge in [-0.25, -0.2) is 0 Å². The van der Waals surface area contributed by atoms with Crippen LogP contribution in [0.2, 0.25) is 5.02 Å². The molecule has 0 saturated heterocycles. The number of halogens is 1. The Balaban J connectivity index is 1.74. The Bertz CT molecular complexity index is 577. The smallest absolute Gasteiger partial charge is 0.191 e. The first-order chi connectivity index (χ1) is 10.7. The second-order valence-corrected chi connectivity index (χ2v) is 5.70. The molecule has 1 atom stereocenters. The zero-order valence-electron chi connectivity index (χ0n) is 13.0. The van der Waals surface area contributed by atoms with Crippen LogP contribution in [-0.4, -0.2) is 29.3 Å². The maximum absolute atomic E-state index is 5.88. The molecular formula is C16H22ClN5. The SMILES string of the molecule is CN=C(NCc1ccc(Cl)cc1)NCC(C)Cn1cccn1. The molecule has 1 aromatic carbocycles. The molecule has 2 rings (SSSR count). The summed E-state index contributed by atoms with van der Waals surface area (Å²) in [6.07, 6.45) is 3.77. The molecule has 0 aliphatic carbocycles. The minimum atomic E-state index is 0.453. The van der Waals surface area contributed by atoms with E-state index >= 15 is 0 Å². The van der Waals surface area contributed by atoms with Crippen LogP contribution in [0.5, 0.6) is 0 Å². The summed E-state index contributed by atoms with van der Waals surface area (Å²) in [5.41, 5.74) is 1.16. The Labute approximate surface area is 136 Å². The Morgan fingerprint density at radius 2 is 2.09 bits per heavy atom. The third kappa shape index (κ3) is 5.41. The first kappa shape index (κ1) is 16.4. The number of rotatable bonds is 6. The van der Waals surface area contributed by atoms with Gasteiger partial charge in [-0.2, -0.15) is 5.10 Å². The fourth-order valence-electron chi connectivity index (χ4n) is 2.07. The van der Waals surface area contributed by atoms with Crippen molar-refractivity contribution in [2.24, 2.45) is 10.9 Å². The fourth-order valence-corrected chi connectivity index (χ4v) is 2.20. The Hall–Kier alpha value is -2.01. The summed E-state index contributed by atoms with van der Waals surface area (Å²) in [5, 5.41) is 11.6. The van der Waals surface area contributed by atoms with E-state index in [1.165, 1.54) is 0 Å². The maximum atomic E-state index is 5.88. The highest BCUT2D eigenvalue weighted by atomic mass is 35.5. The molecule has 0 bridgehead atoms. The Morgan fingerprint density at radius 1 is 1.32 bits per heavy atom. The molecule has 0 aliphatic rings. The normalized spacial score (nSPS) is 13.0. The van der Waals surface area contributed by atoms with Crippen molar-refractivity contribution < 1.29 is 0 Å². The van der Waals surface area contributed by atoms with Gasteiger partial charge >= 0.3 is 0 Å². The van der Waals surface area contributed by atoms with Gasteiger partial charge in [-0.05, 0) is 29.7 Å². The zero-order chi connectivity index (χ0) is 15.8. The lowest BCUT2D eigenvalue weighted by Gasteiger charge is -2.16. The van der Waals surface area contributed by atoms with E-state index in [4.69, 9.17) is 11.6 Å². The van der Waals surface area contributed by atoms with E-state index in [0.717, 1.165) is 29.6 Å². The third-order valence-electron chi connectivity index (χ3n) is 3.27. The molecule has 0 spiro atoms. The highest BCUT2D eigenvalue weighted by Gasteiger charge is 2.05. The summed E-state index contributed by atoms with van der Waals surface area (Å²) in [6.45, 7) is 4.61. The third-order valence-corrected chi connectivity index (χ3v) is 3.52. The van der Waals surface area contributed by atoms with Crippen LogP contribution < -0.4 is 10.6 Å². The second kappa shape index (κ2) is 8.44. The van der Waals surface area contributed by atoms with Crippen LogP contribution in [0.15, 0.2) is 47.7 Å². The van der Waals surface area contributed by atoms with E-state index in [0.29, 0.717) is 12.5 Å². The lowest BCUT2D eigenvalue weighted by atomic mass is 10.2. The summed E-state index contributed by atoms with van der Waals surface area (Å²) in [5.74, 6) is 1.25. The number of nitrogens with zero attached hydrogens (tertiary/aromatic N) is 3. The van der Waals surface area contributed by atoms with E-state index in [2.05, 4.69) is 27.6 Å². The minimum Gasteiger partial charge on any atom is -0.356 e. The molecule has 1 aromatic heterocycles. The number of aliphatic imine (C=N–C) groups is 1. The maximum Gasteiger partial charge on any atom is 0.191 e. The summed E-state index contributed by atoms with van der Waals surface area (Å²) in [6, 6.07) is 9.72. The fraction of sp³-hybridized carbons (Fsp3) is 0.375. The van der Waals surface area contributed by atoms with Crippen molar-refractivity contribution in [1.29, 1.82) is 0 Å². The number of hydrogen-bond acceptors (Lipinski definition) is 2. The van der Waals surface area contributed by atoms with Crippen molar-refractivity contribution in [2.45, 2.75) is 20.0 Å². The average Bonchev–Trinajstić information content (AvgIpc) is 3.02. The molecular weight excluding hydrogens is 298 g/mol. The highest BCUT2D eigenvalue weighted by Crippen LogP contribution is 2.09. The number of guanidine groups is 1. The molecule has 0 fully saturated rings. The number of hydrogen-bond donors (Lipinski definition) is 2. The van der Waals surface area contributed by atoms with Crippen LogP contribution in [0, 0.1) is 5.92 Å². The van der Waals surface area contributed by atoms with Gasteiger partial charge in [-0.1, -0.05) is 30.7 Å². The van der Waals surface area contributed by atoms with Gasteiger partial charge in [0.05, 0.1) is 0 Å². The van der Waals surface area contributed by atoms with E-state index < -0.39 is 0 Å². The first-order valence-corrected chi connectivity index (χ1v) is 7.71. The summed E-state index contributed by atoms with van der Waals surface area (Å²) in [7, 11) is 1.77. The molecule has 2 aromatic rings. The van der Waals surface area contributed by atoms with Crippen molar-refractivity contribution in [3.8, 4) is 0 Å². The van der Waals surface area contributed by atoms with Crippen LogP contribution in [0.25, 0.3) is 0 Å². The molecule has 22 heavy (non-hydrogen) atoms. The zero-order valence-corrected chi connectivity index (χ0v) is 13.7. The summed E-state index contributed by atoms with van der Waals surface area (Å²) < 4.78 is 1.94. The molecule has 5 nitrogen and oxygen atoms in total. The van der Waals surface area contributed by atoms with Crippen molar-refractivity contribution in [2.75, 3.05) is 13.6 Å². The second-order valence-electron chi connectivity index (χ2n) is 5.27. The molecule has 2 N–H and O–H groups in total. The molecule has 0 aliphatic heterocycles. The number of aromatic nitrogens is 2. The van der Waals surface area contributed by atoms with Gasteiger partial charge in [0.25, 0.3) is 0 Å². The number of benzene rings is 1. The largest absolute Gasteiger partial charge is 0.356 e. The quantitative estimate of drug-likeness (QED) is 0.635.